The summed E-state index contributed by atoms with van der Waals surface area (Å²) in [6, 6.07) is 4.82. The van der Waals surface area contributed by atoms with Crippen molar-refractivity contribution in [1.29, 1.82) is 0 Å². The zero-order valence-electron chi connectivity index (χ0n) is 9.28. The van der Waals surface area contributed by atoms with E-state index >= 15 is 0 Å². The van der Waals surface area contributed by atoms with Crippen molar-refractivity contribution in [3.8, 4) is 0 Å². The van der Waals surface area contributed by atoms with E-state index in [9.17, 15) is 13.9 Å². The van der Waals surface area contributed by atoms with Crippen LogP contribution in [0.5, 0.6) is 0 Å². The first kappa shape index (κ1) is 13.1. The fraction of sp³-hybridized carbons (Fsp3) is 0.154. The van der Waals surface area contributed by atoms with Crippen LogP contribution in [0, 0.1) is 11.6 Å². The predicted molar refractivity (Wildman–Crippen MR) is 67.0 cm³/mol. The third-order valence-electron chi connectivity index (χ3n) is 2.46. The lowest BCUT2D eigenvalue weighted by atomic mass is 10.0. The quantitative estimate of drug-likeness (QED) is 0.942. The minimum Gasteiger partial charge on any atom is -0.388 e. The monoisotopic (exact) mass is 313 g/mol. The average Bonchev–Trinajstić information content (AvgIpc) is 2.27. The highest BCUT2D eigenvalue weighted by Gasteiger charge is 2.11. The smallest absolute Gasteiger partial charge is 0.126 e. The molecule has 0 saturated heterocycles. The molecular formula is C13H10BrF2NO. The maximum atomic E-state index is 13.0. The van der Waals surface area contributed by atoms with Crippen molar-refractivity contribution in [3.63, 3.8) is 0 Å². The highest BCUT2D eigenvalue weighted by Crippen LogP contribution is 2.21. The van der Waals surface area contributed by atoms with Gasteiger partial charge in [-0.05, 0) is 45.3 Å². The lowest BCUT2D eigenvalue weighted by molar-refractivity contribution is 0.177. The zero-order valence-corrected chi connectivity index (χ0v) is 10.9. The summed E-state index contributed by atoms with van der Waals surface area (Å²) in [5.74, 6) is -1.40. The van der Waals surface area contributed by atoms with E-state index in [2.05, 4.69) is 20.9 Å². The number of aromatic nitrogens is 1. The number of halogens is 3. The Bertz CT molecular complexity index is 542. The molecule has 5 heteroatoms. The summed E-state index contributed by atoms with van der Waals surface area (Å²) in [7, 11) is 0. The second-order valence-electron chi connectivity index (χ2n) is 3.93. The van der Waals surface area contributed by atoms with Gasteiger partial charge in [0.05, 0.1) is 6.10 Å². The van der Waals surface area contributed by atoms with Crippen LogP contribution in [0.4, 0.5) is 8.78 Å². The molecule has 2 rings (SSSR count). The molecule has 1 heterocycles. The number of aliphatic hydroxyl groups excluding tert-OH is 1. The van der Waals surface area contributed by atoms with E-state index in [4.69, 9.17) is 0 Å². The molecule has 0 spiro atoms. The van der Waals surface area contributed by atoms with Gasteiger partial charge < -0.3 is 5.11 Å². The molecular weight excluding hydrogens is 304 g/mol. The lowest BCUT2D eigenvalue weighted by Gasteiger charge is -2.11. The van der Waals surface area contributed by atoms with Crippen molar-refractivity contribution >= 4 is 15.9 Å². The van der Waals surface area contributed by atoms with E-state index in [1.54, 1.807) is 18.5 Å². The van der Waals surface area contributed by atoms with Gasteiger partial charge in [-0.15, -0.1) is 0 Å². The van der Waals surface area contributed by atoms with Gasteiger partial charge in [-0.2, -0.15) is 0 Å². The average molecular weight is 314 g/mol. The maximum Gasteiger partial charge on any atom is 0.126 e. The molecule has 0 bridgehead atoms. The topological polar surface area (TPSA) is 33.1 Å². The van der Waals surface area contributed by atoms with Crippen LogP contribution in [0.2, 0.25) is 0 Å². The molecule has 1 unspecified atom stereocenters. The minimum absolute atomic E-state index is 0.215. The van der Waals surface area contributed by atoms with Gasteiger partial charge in [0.15, 0.2) is 0 Å². The predicted octanol–water partition coefficient (Wildman–Crippen LogP) is 3.40. The van der Waals surface area contributed by atoms with E-state index in [0.717, 1.165) is 28.2 Å². The third kappa shape index (κ3) is 3.34. The van der Waals surface area contributed by atoms with Gasteiger partial charge in [0.1, 0.15) is 11.6 Å². The Hall–Kier alpha value is -1.33. The van der Waals surface area contributed by atoms with Crippen LogP contribution in [0.3, 0.4) is 0 Å². The van der Waals surface area contributed by atoms with Gasteiger partial charge in [0.2, 0.25) is 0 Å². The van der Waals surface area contributed by atoms with Crippen LogP contribution in [0.1, 0.15) is 17.2 Å². The van der Waals surface area contributed by atoms with Crippen molar-refractivity contribution in [1.82, 2.24) is 4.98 Å². The van der Waals surface area contributed by atoms with Crippen molar-refractivity contribution in [3.05, 3.63) is 63.9 Å². The Kier molecular flexibility index (Phi) is 4.04. The maximum absolute atomic E-state index is 13.0. The van der Waals surface area contributed by atoms with Crippen molar-refractivity contribution < 1.29 is 13.9 Å². The molecule has 1 N–H and O–H groups in total. The van der Waals surface area contributed by atoms with Crippen LogP contribution >= 0.6 is 15.9 Å². The molecule has 0 aliphatic carbocycles. The number of nitrogens with zero attached hydrogens (tertiary/aromatic N) is 1. The summed E-state index contributed by atoms with van der Waals surface area (Å²) in [5, 5.41) is 9.94. The van der Waals surface area contributed by atoms with Crippen molar-refractivity contribution in [2.75, 3.05) is 0 Å². The van der Waals surface area contributed by atoms with Crippen LogP contribution in [0.25, 0.3) is 0 Å². The van der Waals surface area contributed by atoms with Gasteiger partial charge in [0, 0.05) is 29.4 Å². The number of pyridine rings is 1. The molecule has 0 amide bonds. The molecule has 0 saturated carbocycles. The Morgan fingerprint density at radius 2 is 1.78 bits per heavy atom. The highest BCUT2D eigenvalue weighted by molar-refractivity contribution is 9.10. The molecule has 1 aromatic carbocycles. The van der Waals surface area contributed by atoms with Crippen LogP contribution in [-0.4, -0.2) is 10.1 Å². The zero-order chi connectivity index (χ0) is 13.1. The third-order valence-corrected chi connectivity index (χ3v) is 2.89. The van der Waals surface area contributed by atoms with E-state index in [1.807, 2.05) is 0 Å². The highest BCUT2D eigenvalue weighted by atomic mass is 79.9. The summed E-state index contributed by atoms with van der Waals surface area (Å²) in [6.45, 7) is 0. The number of rotatable bonds is 3. The molecule has 0 fully saturated rings. The Balaban J connectivity index is 2.19. The normalized spacial score (nSPS) is 12.4. The van der Waals surface area contributed by atoms with Crippen molar-refractivity contribution in [2.24, 2.45) is 0 Å². The number of aliphatic hydroxyl groups is 1. The SMILES string of the molecule is OC(Cc1cncc(Br)c1)c1cc(F)cc(F)c1. The fourth-order valence-corrected chi connectivity index (χ4v) is 2.09. The molecule has 18 heavy (non-hydrogen) atoms. The van der Waals surface area contributed by atoms with Crippen LogP contribution in [0.15, 0.2) is 41.1 Å². The largest absolute Gasteiger partial charge is 0.388 e. The first-order valence-electron chi connectivity index (χ1n) is 5.28. The van der Waals surface area contributed by atoms with Gasteiger partial charge >= 0.3 is 0 Å². The summed E-state index contributed by atoms with van der Waals surface area (Å²) in [5.41, 5.74) is 0.994. The second kappa shape index (κ2) is 5.54. The molecule has 2 aromatic rings. The number of benzene rings is 1. The first-order valence-corrected chi connectivity index (χ1v) is 6.07. The van der Waals surface area contributed by atoms with Crippen molar-refractivity contribution in [2.45, 2.75) is 12.5 Å². The minimum atomic E-state index is -0.966. The van der Waals surface area contributed by atoms with Gasteiger partial charge in [-0.1, -0.05) is 0 Å². The first-order chi connectivity index (χ1) is 8.54. The van der Waals surface area contributed by atoms with E-state index in [-0.39, 0.29) is 12.0 Å². The number of hydrogen-bond acceptors (Lipinski definition) is 2. The summed E-state index contributed by atoms with van der Waals surface area (Å²) >= 11 is 3.27. The molecule has 0 aliphatic rings. The van der Waals surface area contributed by atoms with Gasteiger partial charge in [-0.3, -0.25) is 4.98 Å². The van der Waals surface area contributed by atoms with Crippen LogP contribution < -0.4 is 0 Å². The van der Waals surface area contributed by atoms with Gasteiger partial charge in [0.25, 0.3) is 0 Å². The van der Waals surface area contributed by atoms with E-state index in [1.165, 1.54) is 0 Å². The molecule has 0 aliphatic heterocycles. The van der Waals surface area contributed by atoms with Crippen LogP contribution in [-0.2, 0) is 6.42 Å². The second-order valence-corrected chi connectivity index (χ2v) is 4.85. The molecule has 2 nitrogen and oxygen atoms in total. The summed E-state index contributed by atoms with van der Waals surface area (Å²) < 4.78 is 26.8. The Morgan fingerprint density at radius 1 is 1.11 bits per heavy atom. The Labute approximate surface area is 111 Å². The molecule has 1 aromatic heterocycles. The number of hydrogen-bond donors (Lipinski definition) is 1. The standard InChI is InChI=1S/C13H10BrF2NO/c14-10-1-8(6-17-7-10)2-13(18)9-3-11(15)5-12(16)4-9/h1,3-7,13,18H,2H2. The molecule has 0 radical (unpaired) electrons. The lowest BCUT2D eigenvalue weighted by Crippen LogP contribution is -2.03. The summed E-state index contributed by atoms with van der Waals surface area (Å²) in [4.78, 5) is 3.96. The molecule has 1 atom stereocenters. The van der Waals surface area contributed by atoms with E-state index < -0.39 is 17.7 Å². The fourth-order valence-electron chi connectivity index (χ4n) is 1.68. The van der Waals surface area contributed by atoms with E-state index in [0.29, 0.717) is 0 Å². The Morgan fingerprint density at radius 3 is 2.39 bits per heavy atom. The summed E-state index contributed by atoms with van der Waals surface area (Å²) in [6.07, 6.45) is 2.50. The van der Waals surface area contributed by atoms with Gasteiger partial charge in [-0.25, -0.2) is 8.78 Å². The molecule has 94 valence electrons.